The van der Waals surface area contributed by atoms with Crippen molar-refractivity contribution in [2.24, 2.45) is 5.73 Å². The molecule has 2 N–H and O–H groups in total. The predicted molar refractivity (Wildman–Crippen MR) is 71.4 cm³/mol. The summed E-state index contributed by atoms with van der Waals surface area (Å²) in [5.41, 5.74) is 8.12. The third-order valence-electron chi connectivity index (χ3n) is 3.46. The van der Waals surface area contributed by atoms with Gasteiger partial charge in [-0.2, -0.15) is 0 Å². The highest BCUT2D eigenvalue weighted by Crippen LogP contribution is 2.25. The van der Waals surface area contributed by atoms with E-state index in [0.717, 1.165) is 24.1 Å². The molecule has 98 valence electrons. The van der Waals surface area contributed by atoms with Crippen molar-refractivity contribution in [1.29, 1.82) is 0 Å². The van der Waals surface area contributed by atoms with Gasteiger partial charge in [-0.1, -0.05) is 0 Å². The van der Waals surface area contributed by atoms with Gasteiger partial charge in [0.2, 0.25) is 0 Å². The summed E-state index contributed by atoms with van der Waals surface area (Å²) >= 11 is 0. The quantitative estimate of drug-likeness (QED) is 0.880. The summed E-state index contributed by atoms with van der Waals surface area (Å²) in [6.45, 7) is 5.04. The molecule has 18 heavy (non-hydrogen) atoms. The van der Waals surface area contributed by atoms with E-state index in [1.807, 2.05) is 30.9 Å². The number of carbonyl (C=O) groups is 1. The van der Waals surface area contributed by atoms with Crippen molar-refractivity contribution in [3.8, 4) is 0 Å². The molecule has 1 aliphatic rings. The second-order valence-electron chi connectivity index (χ2n) is 5.04. The molecule has 1 fully saturated rings. The van der Waals surface area contributed by atoms with Crippen LogP contribution in [-0.4, -0.2) is 34.9 Å². The van der Waals surface area contributed by atoms with Crippen LogP contribution in [0.2, 0.25) is 0 Å². The Labute approximate surface area is 108 Å². The van der Waals surface area contributed by atoms with Crippen LogP contribution in [0.25, 0.3) is 0 Å². The first-order valence-electron chi connectivity index (χ1n) is 6.58. The molecule has 1 aliphatic carbocycles. The van der Waals surface area contributed by atoms with Gasteiger partial charge in [0.1, 0.15) is 5.69 Å². The zero-order valence-electron chi connectivity index (χ0n) is 11.1. The molecule has 1 aromatic rings. The summed E-state index contributed by atoms with van der Waals surface area (Å²) in [4.78, 5) is 18.7. The van der Waals surface area contributed by atoms with Crippen LogP contribution in [0.5, 0.6) is 0 Å². The normalized spacial score (nSPS) is 15.3. The first-order chi connectivity index (χ1) is 8.61. The molecule has 4 nitrogen and oxygen atoms in total. The van der Waals surface area contributed by atoms with E-state index in [4.69, 9.17) is 5.73 Å². The monoisotopic (exact) mass is 247 g/mol. The third kappa shape index (κ3) is 2.70. The van der Waals surface area contributed by atoms with E-state index in [0.29, 0.717) is 24.8 Å². The second-order valence-corrected chi connectivity index (χ2v) is 5.04. The smallest absolute Gasteiger partial charge is 0.272 e. The van der Waals surface area contributed by atoms with Crippen molar-refractivity contribution in [2.45, 2.75) is 39.2 Å². The van der Waals surface area contributed by atoms with Crippen molar-refractivity contribution < 1.29 is 4.79 Å². The van der Waals surface area contributed by atoms with Crippen LogP contribution in [-0.2, 0) is 0 Å². The van der Waals surface area contributed by atoms with Gasteiger partial charge in [0, 0.05) is 24.8 Å². The molecule has 1 aromatic heterocycles. The van der Waals surface area contributed by atoms with E-state index in [-0.39, 0.29) is 5.91 Å². The van der Waals surface area contributed by atoms with Gasteiger partial charge in [-0.05, 0) is 50.8 Å². The van der Waals surface area contributed by atoms with Crippen LogP contribution in [0.1, 0.15) is 41.0 Å². The Hall–Kier alpha value is -1.42. The SMILES string of the molecule is Cc1cc(C)nc(C(=O)N(CCN)C2CCC2)c1. The molecule has 0 radical (unpaired) electrons. The lowest BCUT2D eigenvalue weighted by atomic mass is 9.91. The summed E-state index contributed by atoms with van der Waals surface area (Å²) < 4.78 is 0. The van der Waals surface area contributed by atoms with Crippen LogP contribution >= 0.6 is 0 Å². The highest BCUT2D eigenvalue weighted by molar-refractivity contribution is 5.92. The molecular formula is C14H21N3O. The van der Waals surface area contributed by atoms with E-state index >= 15 is 0 Å². The van der Waals surface area contributed by atoms with Crippen LogP contribution in [0.4, 0.5) is 0 Å². The van der Waals surface area contributed by atoms with Crippen LogP contribution in [0.3, 0.4) is 0 Å². The Kier molecular flexibility index (Phi) is 3.97. The van der Waals surface area contributed by atoms with E-state index in [1.54, 1.807) is 0 Å². The molecule has 0 aromatic carbocycles. The Bertz CT molecular complexity index is 420. The number of nitrogens with zero attached hydrogens (tertiary/aromatic N) is 2. The van der Waals surface area contributed by atoms with Crippen LogP contribution in [0, 0.1) is 13.8 Å². The van der Waals surface area contributed by atoms with E-state index in [2.05, 4.69) is 4.98 Å². The summed E-state index contributed by atoms with van der Waals surface area (Å²) in [7, 11) is 0. The minimum absolute atomic E-state index is 0.0250. The molecule has 0 spiro atoms. The van der Waals surface area contributed by atoms with Crippen LogP contribution in [0.15, 0.2) is 12.1 Å². The molecule has 1 heterocycles. The number of aromatic nitrogens is 1. The molecule has 0 atom stereocenters. The largest absolute Gasteiger partial charge is 0.333 e. The van der Waals surface area contributed by atoms with Gasteiger partial charge in [0.15, 0.2) is 0 Å². The Balaban J connectivity index is 2.21. The standard InChI is InChI=1S/C14H21N3O/c1-10-8-11(2)16-13(9-10)14(18)17(7-6-15)12-4-3-5-12/h8-9,12H,3-7,15H2,1-2H3. The summed E-state index contributed by atoms with van der Waals surface area (Å²) in [5.74, 6) is 0.0250. The average Bonchev–Trinajstić information content (AvgIpc) is 2.23. The third-order valence-corrected chi connectivity index (χ3v) is 3.46. The molecule has 1 saturated carbocycles. The van der Waals surface area contributed by atoms with E-state index < -0.39 is 0 Å². The fourth-order valence-corrected chi connectivity index (χ4v) is 2.39. The number of aryl methyl sites for hydroxylation is 2. The Morgan fingerprint density at radius 3 is 2.67 bits per heavy atom. The lowest BCUT2D eigenvalue weighted by molar-refractivity contribution is 0.0582. The second kappa shape index (κ2) is 5.48. The summed E-state index contributed by atoms with van der Waals surface area (Å²) in [6, 6.07) is 4.20. The Morgan fingerprint density at radius 2 is 2.17 bits per heavy atom. The van der Waals surface area contributed by atoms with Crippen molar-refractivity contribution in [2.75, 3.05) is 13.1 Å². The summed E-state index contributed by atoms with van der Waals surface area (Å²) in [5, 5.41) is 0. The number of amides is 1. The van der Waals surface area contributed by atoms with Gasteiger partial charge in [0.05, 0.1) is 0 Å². The van der Waals surface area contributed by atoms with Gasteiger partial charge >= 0.3 is 0 Å². The zero-order valence-corrected chi connectivity index (χ0v) is 11.1. The fraction of sp³-hybridized carbons (Fsp3) is 0.571. The van der Waals surface area contributed by atoms with Gasteiger partial charge in [-0.25, -0.2) is 4.98 Å². The maximum absolute atomic E-state index is 12.5. The van der Waals surface area contributed by atoms with Crippen molar-refractivity contribution >= 4 is 5.91 Å². The minimum Gasteiger partial charge on any atom is -0.333 e. The number of nitrogens with two attached hydrogens (primary N) is 1. The molecule has 1 amide bonds. The lowest BCUT2D eigenvalue weighted by Crippen LogP contribution is -2.46. The molecule has 2 rings (SSSR count). The van der Waals surface area contributed by atoms with Crippen molar-refractivity contribution in [1.82, 2.24) is 9.88 Å². The highest BCUT2D eigenvalue weighted by atomic mass is 16.2. The van der Waals surface area contributed by atoms with Crippen LogP contribution < -0.4 is 5.73 Å². The number of carbonyl (C=O) groups excluding carboxylic acids is 1. The molecule has 4 heteroatoms. The first-order valence-corrected chi connectivity index (χ1v) is 6.58. The number of pyridine rings is 1. The molecule has 0 bridgehead atoms. The van der Waals surface area contributed by atoms with E-state index in [1.165, 1.54) is 6.42 Å². The number of hydrogen-bond acceptors (Lipinski definition) is 3. The number of rotatable bonds is 4. The molecule has 0 aliphatic heterocycles. The molecular weight excluding hydrogens is 226 g/mol. The maximum atomic E-state index is 12.5. The van der Waals surface area contributed by atoms with Crippen molar-refractivity contribution in [3.05, 3.63) is 29.1 Å². The summed E-state index contributed by atoms with van der Waals surface area (Å²) in [6.07, 6.45) is 3.40. The van der Waals surface area contributed by atoms with Crippen molar-refractivity contribution in [3.63, 3.8) is 0 Å². The van der Waals surface area contributed by atoms with Gasteiger partial charge in [0.25, 0.3) is 5.91 Å². The predicted octanol–water partition coefficient (Wildman–Crippen LogP) is 1.65. The fourth-order valence-electron chi connectivity index (χ4n) is 2.39. The molecule has 0 unspecified atom stereocenters. The molecule has 0 saturated heterocycles. The number of hydrogen-bond donors (Lipinski definition) is 1. The highest BCUT2D eigenvalue weighted by Gasteiger charge is 2.29. The van der Waals surface area contributed by atoms with Gasteiger partial charge < -0.3 is 10.6 Å². The lowest BCUT2D eigenvalue weighted by Gasteiger charge is -2.37. The van der Waals surface area contributed by atoms with Gasteiger partial charge in [-0.3, -0.25) is 4.79 Å². The van der Waals surface area contributed by atoms with Gasteiger partial charge in [-0.15, -0.1) is 0 Å². The Morgan fingerprint density at radius 1 is 1.44 bits per heavy atom. The topological polar surface area (TPSA) is 59.2 Å². The average molecular weight is 247 g/mol. The van der Waals surface area contributed by atoms with E-state index in [9.17, 15) is 4.79 Å². The first kappa shape index (κ1) is 13.0. The zero-order chi connectivity index (χ0) is 13.1. The minimum atomic E-state index is 0.0250. The maximum Gasteiger partial charge on any atom is 0.272 e.